The fourth-order valence-electron chi connectivity index (χ4n) is 10.2. The second-order valence-electron chi connectivity index (χ2n) is 17.2. The highest BCUT2D eigenvalue weighted by Gasteiger charge is 2.27. The topological polar surface area (TPSA) is 64.9 Å². The van der Waals surface area contributed by atoms with E-state index >= 15 is 0 Å². The highest BCUT2D eigenvalue weighted by Crippen LogP contribution is 2.48. The molecule has 3 N–H and O–H groups in total. The van der Waals surface area contributed by atoms with Gasteiger partial charge in [-0.05, 0) is 90.3 Å². The van der Waals surface area contributed by atoms with Crippen LogP contribution in [-0.2, 0) is 6.54 Å². The number of fused-ring (bicyclic) bond motifs is 4. The lowest BCUT2D eigenvalue weighted by Gasteiger charge is -2.30. The second kappa shape index (κ2) is 17.0. The maximum absolute atomic E-state index is 12.5. The van der Waals surface area contributed by atoms with Crippen molar-refractivity contribution >= 4 is 49.3 Å². The van der Waals surface area contributed by atoms with Gasteiger partial charge < -0.3 is 15.5 Å². The van der Waals surface area contributed by atoms with Crippen molar-refractivity contribution in [1.82, 2.24) is 5.32 Å². The van der Waals surface area contributed by atoms with E-state index in [9.17, 15) is 10.2 Å². The van der Waals surface area contributed by atoms with Gasteiger partial charge in [-0.25, -0.2) is 0 Å². The Morgan fingerprint density at radius 3 is 1.47 bits per heavy atom. The number of phenolic OH excluding ortho intramolecular Hbond substituents is 2. The number of hydrogen-bond donors (Lipinski definition) is 3. The lowest BCUT2D eigenvalue weighted by atomic mass is 9.85. The molecule has 4 nitrogen and oxygen atoms in total. The lowest BCUT2D eigenvalue weighted by molar-refractivity contribution is 0.327. The van der Waals surface area contributed by atoms with Gasteiger partial charge >= 0.3 is 0 Å². The van der Waals surface area contributed by atoms with Gasteiger partial charge in [0.05, 0.1) is 6.04 Å². The van der Waals surface area contributed by atoms with Crippen LogP contribution in [0, 0.1) is 0 Å². The van der Waals surface area contributed by atoms with Gasteiger partial charge in [-0.3, -0.25) is 4.99 Å². The first-order valence-corrected chi connectivity index (χ1v) is 22.5. The third kappa shape index (κ3) is 7.16. The van der Waals surface area contributed by atoms with E-state index in [1.165, 1.54) is 0 Å². The van der Waals surface area contributed by atoms with Crippen molar-refractivity contribution in [3.8, 4) is 56.0 Å². The number of rotatable bonds is 9. The van der Waals surface area contributed by atoms with Gasteiger partial charge in [0, 0.05) is 52.2 Å². The summed E-state index contributed by atoms with van der Waals surface area (Å²) in [6.07, 6.45) is 5.99. The molecule has 1 saturated carbocycles. The summed E-state index contributed by atoms with van der Waals surface area (Å²) in [4.78, 5) is 5.30. The first-order valence-electron chi connectivity index (χ1n) is 22.5. The Kier molecular flexibility index (Phi) is 10.4. The number of aliphatic imine (C=N–C) groups is 1. The Morgan fingerprint density at radius 2 is 0.906 bits per heavy atom. The van der Waals surface area contributed by atoms with Gasteiger partial charge in [0.2, 0.25) is 0 Å². The normalized spacial score (nSPS) is 15.4. The van der Waals surface area contributed by atoms with Crippen LogP contribution < -0.4 is 5.32 Å². The fourth-order valence-corrected chi connectivity index (χ4v) is 10.2. The minimum absolute atomic E-state index is 0.00896. The number of phenols is 2. The van der Waals surface area contributed by atoms with E-state index in [2.05, 4.69) is 181 Å². The molecule has 10 aromatic carbocycles. The predicted octanol–water partition coefficient (Wildman–Crippen LogP) is 14.9. The zero-order valence-corrected chi connectivity index (χ0v) is 35.6. The van der Waals surface area contributed by atoms with Gasteiger partial charge in [0.15, 0.2) is 0 Å². The Labute approximate surface area is 373 Å². The third-order valence-electron chi connectivity index (χ3n) is 13.4. The maximum Gasteiger partial charge on any atom is 0.132 e. The molecule has 0 heterocycles. The summed E-state index contributed by atoms with van der Waals surface area (Å²) in [5.74, 6) is 0.528. The van der Waals surface area contributed by atoms with E-state index in [-0.39, 0.29) is 17.8 Å². The first-order chi connectivity index (χ1) is 31.6. The van der Waals surface area contributed by atoms with E-state index in [4.69, 9.17) is 4.99 Å². The van der Waals surface area contributed by atoms with Crippen LogP contribution in [0.15, 0.2) is 199 Å². The summed E-state index contributed by atoms with van der Waals surface area (Å²) in [7, 11) is 0. The van der Waals surface area contributed by atoms with Crippen LogP contribution in [0.4, 0.5) is 0 Å². The van der Waals surface area contributed by atoms with E-state index in [0.29, 0.717) is 17.9 Å². The van der Waals surface area contributed by atoms with Crippen LogP contribution in [0.1, 0.15) is 36.8 Å². The van der Waals surface area contributed by atoms with Crippen LogP contribution in [0.25, 0.3) is 87.6 Å². The Bertz CT molecular complexity index is 3380. The molecule has 0 amide bonds. The molecule has 0 bridgehead atoms. The Morgan fingerprint density at radius 1 is 0.453 bits per heavy atom. The summed E-state index contributed by atoms with van der Waals surface area (Å²) in [6, 6.07) is 67.6. The van der Waals surface area contributed by atoms with Crippen molar-refractivity contribution < 1.29 is 10.2 Å². The molecule has 0 unspecified atom stereocenters. The largest absolute Gasteiger partial charge is 0.507 e. The molecule has 1 aliphatic rings. The van der Waals surface area contributed by atoms with E-state index < -0.39 is 0 Å². The van der Waals surface area contributed by atoms with Crippen molar-refractivity contribution in [1.29, 1.82) is 0 Å². The van der Waals surface area contributed by atoms with E-state index in [1.807, 2.05) is 24.4 Å². The van der Waals surface area contributed by atoms with Gasteiger partial charge in [0.25, 0.3) is 0 Å². The number of benzene rings is 10. The molecule has 0 radical (unpaired) electrons. The van der Waals surface area contributed by atoms with Crippen LogP contribution in [-0.4, -0.2) is 28.5 Å². The molecule has 0 aromatic heterocycles. The van der Waals surface area contributed by atoms with E-state index in [1.54, 1.807) is 0 Å². The summed E-state index contributed by atoms with van der Waals surface area (Å²) in [5, 5.41) is 37.5. The average molecular weight is 829 g/mol. The van der Waals surface area contributed by atoms with Gasteiger partial charge in [-0.1, -0.05) is 195 Å². The SMILES string of the molecule is Oc1c(C=N[C@H]2CCCC[C@@H]2NCc2cc3ccccc3c(-c3c(-c4ccccc4)ccc4ccccc34)c2O)cc2ccccc2c1-c1c(-c2ccccc2)ccc2ccccc12. The maximum atomic E-state index is 12.5. The van der Waals surface area contributed by atoms with Crippen molar-refractivity contribution in [2.75, 3.05) is 0 Å². The molecule has 64 heavy (non-hydrogen) atoms. The zero-order valence-electron chi connectivity index (χ0n) is 35.6. The molecule has 0 aliphatic heterocycles. The minimum atomic E-state index is -0.00896. The molecule has 0 spiro atoms. The molecule has 1 aliphatic carbocycles. The van der Waals surface area contributed by atoms with Crippen molar-refractivity contribution in [2.45, 2.75) is 44.3 Å². The quantitative estimate of drug-likeness (QED) is 0.127. The molecular formula is C60H48N2O2. The monoisotopic (exact) mass is 828 g/mol. The summed E-state index contributed by atoms with van der Waals surface area (Å²) >= 11 is 0. The number of hydrogen-bond acceptors (Lipinski definition) is 4. The summed E-state index contributed by atoms with van der Waals surface area (Å²) in [6.45, 7) is 0.487. The van der Waals surface area contributed by atoms with Gasteiger partial charge in [0.1, 0.15) is 11.5 Å². The van der Waals surface area contributed by atoms with Crippen molar-refractivity contribution in [3.05, 3.63) is 205 Å². The number of nitrogens with zero attached hydrogens (tertiary/aromatic N) is 1. The second-order valence-corrected chi connectivity index (χ2v) is 17.2. The van der Waals surface area contributed by atoms with Crippen molar-refractivity contribution in [3.63, 3.8) is 0 Å². The molecule has 1 fully saturated rings. The summed E-state index contributed by atoms with van der Waals surface area (Å²) < 4.78 is 0. The predicted molar refractivity (Wildman–Crippen MR) is 268 cm³/mol. The van der Waals surface area contributed by atoms with Crippen LogP contribution >= 0.6 is 0 Å². The Balaban J connectivity index is 0.970. The molecule has 2 atom stereocenters. The van der Waals surface area contributed by atoms with Gasteiger partial charge in [-0.15, -0.1) is 0 Å². The zero-order chi connectivity index (χ0) is 43.0. The first kappa shape index (κ1) is 39.3. The standard InChI is InChI=1S/C60H48N2O2/c63-59-45(35-43-23-9-13-27-49(43)57(59)55-47-25-11-7-21-41(47)31-33-51(55)39-17-3-1-4-18-39)37-61-53-29-15-16-30-54(53)62-38-46-36-44-24-10-14-28-50(44)58(60(46)64)56-48-26-12-8-22-42(48)32-34-52(56)40-19-5-2-6-20-40/h1-14,17-28,31-37,53-54,62-64H,15-16,29-30,38H2/t53-,54-/m0/s1. The number of nitrogens with one attached hydrogen (secondary N) is 1. The van der Waals surface area contributed by atoms with Crippen LogP contribution in [0.2, 0.25) is 0 Å². The molecule has 4 heteroatoms. The minimum Gasteiger partial charge on any atom is -0.507 e. The van der Waals surface area contributed by atoms with Crippen LogP contribution in [0.3, 0.4) is 0 Å². The summed E-state index contributed by atoms with van der Waals surface area (Å²) in [5.41, 5.74) is 9.64. The lowest BCUT2D eigenvalue weighted by Crippen LogP contribution is -2.40. The molecule has 310 valence electrons. The van der Waals surface area contributed by atoms with Crippen LogP contribution in [0.5, 0.6) is 11.5 Å². The molecule has 0 saturated heterocycles. The fraction of sp³-hybridized carbons (Fsp3) is 0.117. The average Bonchev–Trinajstić information content (AvgIpc) is 3.35. The Hall–Kier alpha value is -7.53. The molecule has 11 rings (SSSR count). The highest BCUT2D eigenvalue weighted by molar-refractivity contribution is 6.15. The van der Waals surface area contributed by atoms with Crippen molar-refractivity contribution in [2.24, 2.45) is 4.99 Å². The third-order valence-corrected chi connectivity index (χ3v) is 13.4. The highest BCUT2D eigenvalue weighted by atomic mass is 16.3. The molecular weight excluding hydrogens is 781 g/mol. The smallest absolute Gasteiger partial charge is 0.132 e. The molecule has 10 aromatic rings. The van der Waals surface area contributed by atoms with Gasteiger partial charge in [-0.2, -0.15) is 0 Å². The number of aromatic hydroxyl groups is 2. The van der Waals surface area contributed by atoms with E-state index in [0.717, 1.165) is 119 Å².